The molecule has 3 aliphatic rings. The zero-order valence-corrected chi connectivity index (χ0v) is 19.2. The molecule has 2 N–H and O–H groups in total. The highest BCUT2D eigenvalue weighted by molar-refractivity contribution is 7.17. The highest BCUT2D eigenvalue weighted by atomic mass is 32.1. The fourth-order valence-corrected chi connectivity index (χ4v) is 5.49. The number of carbonyl (C=O) groups excluding carboxylic acids is 2. The van der Waals surface area contributed by atoms with Crippen LogP contribution in [0.4, 0.5) is 18.0 Å². The van der Waals surface area contributed by atoms with Gasteiger partial charge in [0.2, 0.25) is 0 Å². The van der Waals surface area contributed by atoms with E-state index in [1.165, 1.54) is 12.1 Å². The van der Waals surface area contributed by atoms with Crippen LogP contribution in [-0.2, 0) is 10.9 Å². The first-order valence-electron chi connectivity index (χ1n) is 10.5. The second-order valence-electron chi connectivity index (χ2n) is 8.99. The predicted molar refractivity (Wildman–Crippen MR) is 117 cm³/mol. The number of nitrogens with zero attached hydrogens (tertiary/aromatic N) is 1. The molecule has 0 saturated heterocycles. The number of aromatic nitrogens is 1. The summed E-state index contributed by atoms with van der Waals surface area (Å²) >= 11 is 1.02. The van der Waals surface area contributed by atoms with E-state index in [1.807, 2.05) is 0 Å². The molecule has 176 valence electrons. The third kappa shape index (κ3) is 4.62. The molecule has 2 atom stereocenters. The van der Waals surface area contributed by atoms with Gasteiger partial charge in [0, 0.05) is 5.56 Å². The fourth-order valence-electron chi connectivity index (χ4n) is 4.52. The summed E-state index contributed by atoms with van der Waals surface area (Å²) < 4.78 is 43.5. The average molecular weight is 480 g/mol. The van der Waals surface area contributed by atoms with Crippen LogP contribution < -0.4 is 10.9 Å². The minimum Gasteiger partial charge on any atom is -0.444 e. The SMILES string of the molecule is Cc1nc(-c2ccc(C(F)(F)F)cc2)sc1C(=O)NNC(=O)OCC1=CCC2CC1C2(C)C. The van der Waals surface area contributed by atoms with Gasteiger partial charge in [0.15, 0.2) is 0 Å². The van der Waals surface area contributed by atoms with Crippen molar-refractivity contribution in [2.24, 2.45) is 17.3 Å². The lowest BCUT2D eigenvalue weighted by atomic mass is 9.49. The van der Waals surface area contributed by atoms with Gasteiger partial charge in [-0.2, -0.15) is 13.2 Å². The molecule has 1 saturated carbocycles. The zero-order valence-electron chi connectivity index (χ0n) is 18.4. The highest BCUT2D eigenvalue weighted by Crippen LogP contribution is 2.59. The molecule has 1 fully saturated rings. The molecular weight excluding hydrogens is 455 g/mol. The van der Waals surface area contributed by atoms with Crippen LogP contribution in [0.3, 0.4) is 0 Å². The highest BCUT2D eigenvalue weighted by Gasteiger charge is 2.51. The molecule has 2 aromatic rings. The fraction of sp³-hybridized carbons (Fsp3) is 0.435. The van der Waals surface area contributed by atoms with Crippen LogP contribution in [0.25, 0.3) is 10.6 Å². The van der Waals surface area contributed by atoms with E-state index < -0.39 is 23.7 Å². The van der Waals surface area contributed by atoms with Crippen molar-refractivity contribution in [3.63, 3.8) is 0 Å². The minimum absolute atomic E-state index is 0.181. The van der Waals surface area contributed by atoms with Crippen LogP contribution in [0.2, 0.25) is 0 Å². The predicted octanol–water partition coefficient (Wildman–Crippen LogP) is 5.50. The summed E-state index contributed by atoms with van der Waals surface area (Å²) in [6.45, 7) is 6.26. The van der Waals surface area contributed by atoms with Crippen molar-refractivity contribution in [1.29, 1.82) is 0 Å². The second-order valence-corrected chi connectivity index (χ2v) is 9.98. The van der Waals surface area contributed by atoms with Gasteiger partial charge in [0.25, 0.3) is 5.91 Å². The number of nitrogens with one attached hydrogen (secondary N) is 2. The first kappa shape index (κ1) is 23.3. The Kier molecular flexibility index (Phi) is 5.98. The van der Waals surface area contributed by atoms with E-state index in [-0.39, 0.29) is 16.9 Å². The number of carbonyl (C=O) groups is 2. The summed E-state index contributed by atoms with van der Waals surface area (Å²) in [5.74, 6) is 0.525. The lowest BCUT2D eigenvalue weighted by Gasteiger charge is -2.56. The summed E-state index contributed by atoms with van der Waals surface area (Å²) in [7, 11) is 0. The van der Waals surface area contributed by atoms with E-state index >= 15 is 0 Å². The average Bonchev–Trinajstić information content (AvgIpc) is 3.17. The van der Waals surface area contributed by atoms with Gasteiger partial charge in [-0.3, -0.25) is 10.2 Å². The number of fused-ring (bicyclic) bond motifs is 1. The number of allylic oxidation sites excluding steroid dienone is 1. The first-order valence-corrected chi connectivity index (χ1v) is 11.4. The van der Waals surface area contributed by atoms with Crippen LogP contribution in [0.1, 0.15) is 47.6 Å². The smallest absolute Gasteiger partial charge is 0.426 e. The van der Waals surface area contributed by atoms with Gasteiger partial charge in [-0.05, 0) is 54.7 Å². The van der Waals surface area contributed by atoms with E-state index in [0.717, 1.165) is 41.9 Å². The van der Waals surface area contributed by atoms with E-state index in [4.69, 9.17) is 4.74 Å². The summed E-state index contributed by atoms with van der Waals surface area (Å²) in [6.07, 6.45) is -0.945. The summed E-state index contributed by atoms with van der Waals surface area (Å²) in [5.41, 5.74) is 5.98. The third-order valence-corrected chi connectivity index (χ3v) is 7.90. The number of rotatable bonds is 4. The molecule has 10 heteroatoms. The molecule has 1 aromatic heterocycles. The Morgan fingerprint density at radius 1 is 1.21 bits per heavy atom. The van der Waals surface area contributed by atoms with E-state index in [0.29, 0.717) is 28.1 Å². The van der Waals surface area contributed by atoms with E-state index in [2.05, 4.69) is 35.8 Å². The monoisotopic (exact) mass is 479 g/mol. The van der Waals surface area contributed by atoms with Gasteiger partial charge in [-0.15, -0.1) is 11.3 Å². The maximum atomic E-state index is 12.7. The van der Waals surface area contributed by atoms with Gasteiger partial charge in [-0.25, -0.2) is 15.2 Å². The molecule has 2 bridgehead atoms. The Bertz CT molecular complexity index is 1110. The number of alkyl halides is 3. The topological polar surface area (TPSA) is 80.3 Å². The molecule has 1 heterocycles. The normalized spacial score (nSPS) is 21.0. The molecule has 2 unspecified atom stereocenters. The van der Waals surface area contributed by atoms with Crippen molar-refractivity contribution in [1.82, 2.24) is 15.8 Å². The van der Waals surface area contributed by atoms with Crippen molar-refractivity contribution in [2.75, 3.05) is 6.61 Å². The quantitative estimate of drug-likeness (QED) is 0.448. The number of benzene rings is 1. The second kappa shape index (κ2) is 8.48. The summed E-state index contributed by atoms with van der Waals surface area (Å²) in [6, 6.07) is 4.56. The molecule has 1 aromatic carbocycles. The Balaban J connectivity index is 1.31. The summed E-state index contributed by atoms with van der Waals surface area (Å²) in [4.78, 5) is 29.0. The third-order valence-electron chi connectivity index (χ3n) is 6.69. The summed E-state index contributed by atoms with van der Waals surface area (Å²) in [5, 5.41) is 0.402. The Morgan fingerprint density at radius 3 is 2.52 bits per heavy atom. The number of ether oxygens (including phenoxy) is 1. The van der Waals surface area contributed by atoms with Gasteiger partial charge in [-0.1, -0.05) is 32.1 Å². The number of thiazole rings is 1. The maximum absolute atomic E-state index is 12.7. The molecule has 0 spiro atoms. The number of amides is 2. The lowest BCUT2D eigenvalue weighted by Crippen LogP contribution is -2.49. The van der Waals surface area contributed by atoms with Crippen molar-refractivity contribution >= 4 is 23.3 Å². The molecule has 5 rings (SSSR count). The Hall–Kier alpha value is -2.88. The van der Waals surface area contributed by atoms with Crippen LogP contribution in [0, 0.1) is 24.2 Å². The van der Waals surface area contributed by atoms with E-state index in [9.17, 15) is 22.8 Å². The molecule has 33 heavy (non-hydrogen) atoms. The number of hydrogen-bond donors (Lipinski definition) is 2. The maximum Gasteiger partial charge on any atom is 0.426 e. The molecule has 3 aliphatic carbocycles. The van der Waals surface area contributed by atoms with Crippen LogP contribution in [0.5, 0.6) is 0 Å². The van der Waals surface area contributed by atoms with Crippen LogP contribution in [0.15, 0.2) is 35.9 Å². The Morgan fingerprint density at radius 2 is 1.91 bits per heavy atom. The van der Waals surface area contributed by atoms with E-state index in [1.54, 1.807) is 6.92 Å². The lowest BCUT2D eigenvalue weighted by molar-refractivity contribution is -0.137. The molecule has 2 amide bonds. The van der Waals surface area contributed by atoms with Crippen molar-refractivity contribution < 1.29 is 27.5 Å². The number of halogens is 3. The largest absolute Gasteiger partial charge is 0.444 e. The van der Waals surface area contributed by atoms with Crippen molar-refractivity contribution in [3.8, 4) is 10.6 Å². The number of hydrazine groups is 1. The van der Waals surface area contributed by atoms with Gasteiger partial charge in [0.05, 0.1) is 11.3 Å². The Labute approximate surface area is 193 Å². The number of aryl methyl sites for hydroxylation is 1. The van der Waals surface area contributed by atoms with Crippen molar-refractivity contribution in [3.05, 3.63) is 52.0 Å². The molecule has 0 aliphatic heterocycles. The standard InChI is InChI=1S/C23H24F3N3O3S/c1-12-18(33-20(27-12)13-4-7-15(8-5-13)23(24,25)26)19(30)28-29-21(31)32-11-14-6-9-16-10-17(14)22(16,2)3/h4-8,16-17H,9-11H2,1-3H3,(H,28,30)(H,29,31). The number of hydrogen-bond acceptors (Lipinski definition) is 5. The molecular formula is C23H24F3N3O3S. The molecule has 0 radical (unpaired) electrons. The van der Waals surface area contributed by atoms with Gasteiger partial charge >= 0.3 is 12.3 Å². The molecule has 6 nitrogen and oxygen atoms in total. The van der Waals surface area contributed by atoms with Crippen LogP contribution >= 0.6 is 11.3 Å². The van der Waals surface area contributed by atoms with Gasteiger partial charge < -0.3 is 4.74 Å². The zero-order chi connectivity index (χ0) is 24.0. The van der Waals surface area contributed by atoms with Gasteiger partial charge in [0.1, 0.15) is 16.5 Å². The first-order chi connectivity index (χ1) is 15.5. The van der Waals surface area contributed by atoms with Crippen LogP contribution in [-0.4, -0.2) is 23.6 Å². The van der Waals surface area contributed by atoms with Crippen molar-refractivity contribution in [2.45, 2.75) is 39.8 Å². The minimum atomic E-state index is -4.42.